The van der Waals surface area contributed by atoms with Crippen molar-refractivity contribution in [3.8, 4) is 0 Å². The van der Waals surface area contributed by atoms with E-state index in [0.717, 1.165) is 11.1 Å². The van der Waals surface area contributed by atoms with Crippen LogP contribution in [0, 0.1) is 5.92 Å². The number of halogens is 1. The fraction of sp³-hybridized carbons (Fsp3) is 0.300. The number of carbonyl (C=O) groups excluding carboxylic acids is 1. The number of ether oxygens (including phenoxy) is 2. The lowest BCUT2D eigenvalue weighted by Gasteiger charge is -2.29. The van der Waals surface area contributed by atoms with Crippen LogP contribution in [0.2, 0.25) is 5.02 Å². The quantitative estimate of drug-likeness (QED) is 0.740. The summed E-state index contributed by atoms with van der Waals surface area (Å²) in [6, 6.07) is 7.40. The van der Waals surface area contributed by atoms with Crippen LogP contribution in [0.15, 0.2) is 64.4 Å². The van der Waals surface area contributed by atoms with Gasteiger partial charge >= 0.3 is 5.97 Å². The minimum absolute atomic E-state index is 0.0536. The number of allylic oxidation sites excluding steroid dienone is 2. The molecule has 5 heteroatoms. The van der Waals surface area contributed by atoms with Gasteiger partial charge in [0.15, 0.2) is 0 Å². The average Bonchev–Trinajstić information content (AvgIpc) is 2.61. The molecule has 4 nitrogen and oxygen atoms in total. The minimum Gasteiger partial charge on any atom is -0.492 e. The lowest BCUT2D eigenvalue weighted by atomic mass is 9.87. The summed E-state index contributed by atoms with van der Waals surface area (Å²) in [5.74, 6) is 0.107. The number of dihydropyridines is 1. The van der Waals surface area contributed by atoms with E-state index in [9.17, 15) is 4.79 Å². The van der Waals surface area contributed by atoms with Gasteiger partial charge in [0, 0.05) is 11.2 Å². The standard InChI is InChI=1S/C20H20ClNO3/c1-3-24-20(23)17-11-22-18-9-4-13(2)10-16(18)19(17)25-12-14-5-7-15(21)8-6-14/h4-11,16,18H,3,12H2,1-2H3/t16-,18-/m1/s1. The molecule has 0 saturated carbocycles. The zero-order chi connectivity index (χ0) is 17.8. The maximum atomic E-state index is 12.3. The van der Waals surface area contributed by atoms with Crippen LogP contribution < -0.4 is 0 Å². The molecule has 0 unspecified atom stereocenters. The van der Waals surface area contributed by atoms with Crippen LogP contribution in [0.3, 0.4) is 0 Å². The number of hydrogen-bond donors (Lipinski definition) is 0. The second-order valence-electron chi connectivity index (χ2n) is 5.98. The molecule has 0 radical (unpaired) electrons. The molecular weight excluding hydrogens is 338 g/mol. The first-order valence-corrected chi connectivity index (χ1v) is 8.64. The maximum absolute atomic E-state index is 12.3. The second-order valence-corrected chi connectivity index (χ2v) is 6.41. The fourth-order valence-corrected chi connectivity index (χ4v) is 2.99. The molecule has 3 rings (SSSR count). The zero-order valence-corrected chi connectivity index (χ0v) is 15.0. The van der Waals surface area contributed by atoms with Gasteiger partial charge in [-0.15, -0.1) is 0 Å². The molecule has 0 N–H and O–H groups in total. The Morgan fingerprint density at radius 2 is 2.04 bits per heavy atom. The molecule has 0 spiro atoms. The molecule has 130 valence electrons. The van der Waals surface area contributed by atoms with Crippen LogP contribution >= 0.6 is 11.6 Å². The van der Waals surface area contributed by atoms with E-state index >= 15 is 0 Å². The van der Waals surface area contributed by atoms with Crippen LogP contribution in [0.25, 0.3) is 0 Å². The van der Waals surface area contributed by atoms with E-state index in [-0.39, 0.29) is 12.0 Å². The minimum atomic E-state index is -0.406. The van der Waals surface area contributed by atoms with E-state index in [0.29, 0.717) is 29.6 Å². The molecule has 0 amide bonds. The lowest BCUT2D eigenvalue weighted by molar-refractivity contribution is -0.138. The van der Waals surface area contributed by atoms with Crippen molar-refractivity contribution in [2.24, 2.45) is 10.9 Å². The summed E-state index contributed by atoms with van der Waals surface area (Å²) < 4.78 is 11.2. The third-order valence-corrected chi connectivity index (χ3v) is 4.37. The van der Waals surface area contributed by atoms with Gasteiger partial charge in [-0.25, -0.2) is 4.79 Å². The largest absolute Gasteiger partial charge is 0.492 e. The molecule has 0 saturated heterocycles. The number of esters is 1. The van der Waals surface area contributed by atoms with Crippen molar-refractivity contribution in [1.82, 2.24) is 0 Å². The summed E-state index contributed by atoms with van der Waals surface area (Å²) in [5.41, 5.74) is 2.48. The topological polar surface area (TPSA) is 47.9 Å². The number of nitrogens with zero attached hydrogens (tertiary/aromatic N) is 1. The normalized spacial score (nSPS) is 21.6. The molecule has 1 aromatic rings. The Kier molecular flexibility index (Phi) is 5.39. The van der Waals surface area contributed by atoms with Crippen molar-refractivity contribution in [3.05, 3.63) is 70.0 Å². The van der Waals surface area contributed by atoms with Crippen LogP contribution in [0.4, 0.5) is 0 Å². The lowest BCUT2D eigenvalue weighted by Crippen LogP contribution is -2.29. The summed E-state index contributed by atoms with van der Waals surface area (Å²) in [6.07, 6.45) is 7.71. The van der Waals surface area contributed by atoms with Crippen molar-refractivity contribution in [2.45, 2.75) is 26.5 Å². The highest BCUT2D eigenvalue weighted by molar-refractivity contribution is 6.30. The summed E-state index contributed by atoms with van der Waals surface area (Å²) in [6.45, 7) is 4.46. The van der Waals surface area contributed by atoms with E-state index < -0.39 is 5.97 Å². The molecule has 1 aliphatic carbocycles. The summed E-state index contributed by atoms with van der Waals surface area (Å²) in [7, 11) is 0. The Hall–Kier alpha value is -2.33. The fourth-order valence-electron chi connectivity index (χ4n) is 2.86. The van der Waals surface area contributed by atoms with Crippen LogP contribution in [0.1, 0.15) is 19.4 Å². The Balaban J connectivity index is 1.89. The maximum Gasteiger partial charge on any atom is 0.343 e. The molecule has 2 atom stereocenters. The van der Waals surface area contributed by atoms with Crippen LogP contribution in [-0.4, -0.2) is 24.8 Å². The number of rotatable bonds is 5. The van der Waals surface area contributed by atoms with Crippen molar-refractivity contribution < 1.29 is 14.3 Å². The van der Waals surface area contributed by atoms with Gasteiger partial charge in [-0.1, -0.05) is 47.5 Å². The van der Waals surface area contributed by atoms with Gasteiger partial charge in [-0.3, -0.25) is 4.99 Å². The smallest absolute Gasteiger partial charge is 0.343 e. The van der Waals surface area contributed by atoms with Crippen molar-refractivity contribution in [2.75, 3.05) is 6.61 Å². The Labute approximate surface area is 152 Å². The molecule has 0 aromatic heterocycles. The third-order valence-electron chi connectivity index (χ3n) is 4.11. The summed E-state index contributed by atoms with van der Waals surface area (Å²) >= 11 is 5.92. The number of fused-ring (bicyclic) bond motifs is 1. The molecule has 25 heavy (non-hydrogen) atoms. The third kappa shape index (κ3) is 4.02. The highest BCUT2D eigenvalue weighted by Crippen LogP contribution is 2.33. The highest BCUT2D eigenvalue weighted by Gasteiger charge is 2.33. The van der Waals surface area contributed by atoms with Gasteiger partial charge in [-0.2, -0.15) is 0 Å². The number of hydrogen-bond acceptors (Lipinski definition) is 4. The van der Waals surface area contributed by atoms with Crippen LogP contribution in [0.5, 0.6) is 0 Å². The first-order valence-electron chi connectivity index (χ1n) is 8.27. The average molecular weight is 358 g/mol. The Bertz CT molecular complexity index is 775. The number of carbonyl (C=O) groups is 1. The van der Waals surface area contributed by atoms with Gasteiger partial charge in [0.2, 0.25) is 0 Å². The highest BCUT2D eigenvalue weighted by atomic mass is 35.5. The van der Waals surface area contributed by atoms with E-state index in [1.165, 1.54) is 0 Å². The predicted molar refractivity (Wildman–Crippen MR) is 98.6 cm³/mol. The van der Waals surface area contributed by atoms with Gasteiger partial charge in [0.25, 0.3) is 0 Å². The molecule has 0 bridgehead atoms. The number of benzene rings is 1. The Morgan fingerprint density at radius 3 is 2.76 bits per heavy atom. The first kappa shape index (κ1) is 17.5. The van der Waals surface area contributed by atoms with Crippen molar-refractivity contribution >= 4 is 23.8 Å². The van der Waals surface area contributed by atoms with E-state index in [1.54, 1.807) is 13.1 Å². The van der Waals surface area contributed by atoms with Gasteiger partial charge in [0.1, 0.15) is 17.9 Å². The van der Waals surface area contributed by atoms with E-state index in [2.05, 4.69) is 11.1 Å². The first-order chi connectivity index (χ1) is 12.1. The molecule has 2 aliphatic rings. The molecule has 0 fully saturated rings. The van der Waals surface area contributed by atoms with Crippen molar-refractivity contribution in [3.63, 3.8) is 0 Å². The van der Waals surface area contributed by atoms with E-state index in [1.807, 2.05) is 43.3 Å². The summed E-state index contributed by atoms with van der Waals surface area (Å²) in [5, 5.41) is 0.677. The molecular formula is C20H20ClNO3. The van der Waals surface area contributed by atoms with Gasteiger partial charge in [0.05, 0.1) is 18.6 Å². The number of aliphatic imine (C=N–C) groups is 1. The molecule has 1 heterocycles. The van der Waals surface area contributed by atoms with Crippen LogP contribution in [-0.2, 0) is 20.9 Å². The van der Waals surface area contributed by atoms with Gasteiger partial charge < -0.3 is 9.47 Å². The SMILES string of the molecule is CCOC(=O)C1=C(OCc2ccc(Cl)cc2)[C@@H]2C=C(C)C=C[C@H]2N=C1. The zero-order valence-electron chi connectivity index (χ0n) is 14.2. The molecule has 1 aliphatic heterocycles. The molecule has 1 aromatic carbocycles. The van der Waals surface area contributed by atoms with Crippen molar-refractivity contribution in [1.29, 1.82) is 0 Å². The summed E-state index contributed by atoms with van der Waals surface area (Å²) in [4.78, 5) is 16.8. The second kappa shape index (κ2) is 7.70. The monoisotopic (exact) mass is 357 g/mol. The van der Waals surface area contributed by atoms with E-state index in [4.69, 9.17) is 21.1 Å². The van der Waals surface area contributed by atoms with Gasteiger partial charge in [-0.05, 0) is 31.5 Å². The Morgan fingerprint density at radius 1 is 1.28 bits per heavy atom. The predicted octanol–water partition coefficient (Wildman–Crippen LogP) is 4.26.